The van der Waals surface area contributed by atoms with Crippen LogP contribution in [0, 0.1) is 11.3 Å². The van der Waals surface area contributed by atoms with E-state index in [9.17, 15) is 10.1 Å². The molecule has 1 amide bonds. The molecule has 1 N–H and O–H groups in total. The van der Waals surface area contributed by atoms with Crippen LogP contribution in [0.5, 0.6) is 23.0 Å². The maximum atomic E-state index is 12.8. The van der Waals surface area contributed by atoms with E-state index in [-0.39, 0.29) is 11.7 Å². The molecule has 0 heterocycles. The van der Waals surface area contributed by atoms with Crippen molar-refractivity contribution < 1.29 is 23.7 Å². The van der Waals surface area contributed by atoms with Gasteiger partial charge in [-0.3, -0.25) is 4.79 Å². The molecular weight excluding hydrogens is 455 g/mol. The van der Waals surface area contributed by atoms with E-state index in [0.717, 1.165) is 0 Å². The lowest BCUT2D eigenvalue weighted by molar-refractivity contribution is -0.112. The number of ether oxygens (including phenoxy) is 4. The molecule has 0 saturated heterocycles. The summed E-state index contributed by atoms with van der Waals surface area (Å²) in [4.78, 5) is 12.8. The quantitative estimate of drug-likeness (QED) is 0.364. The van der Waals surface area contributed by atoms with Gasteiger partial charge in [-0.25, -0.2) is 0 Å². The Bertz CT molecular complexity index is 1060. The van der Waals surface area contributed by atoms with Crippen LogP contribution in [0.2, 0.25) is 10.0 Å². The molecule has 0 radical (unpaired) electrons. The smallest absolute Gasteiger partial charge is 0.266 e. The monoisotopic (exact) mass is 478 g/mol. The predicted molar refractivity (Wildman–Crippen MR) is 125 cm³/mol. The lowest BCUT2D eigenvalue weighted by atomic mass is 10.1. The van der Waals surface area contributed by atoms with E-state index in [1.165, 1.54) is 32.4 Å². The summed E-state index contributed by atoms with van der Waals surface area (Å²) in [7, 11) is 2.89. The minimum atomic E-state index is -0.647. The van der Waals surface area contributed by atoms with E-state index in [4.69, 9.17) is 42.1 Å². The number of rotatable bonds is 9. The number of hydrogen-bond donors (Lipinski definition) is 1. The summed E-state index contributed by atoms with van der Waals surface area (Å²) in [5.41, 5.74) is 0.646. The van der Waals surface area contributed by atoms with Crippen molar-refractivity contribution >= 4 is 40.9 Å². The van der Waals surface area contributed by atoms with Gasteiger partial charge in [-0.2, -0.15) is 5.26 Å². The van der Waals surface area contributed by atoms with Gasteiger partial charge in [0.15, 0.2) is 11.5 Å². The predicted octanol–water partition coefficient (Wildman–Crippen LogP) is 5.74. The van der Waals surface area contributed by atoms with Crippen molar-refractivity contribution in [1.82, 2.24) is 0 Å². The highest BCUT2D eigenvalue weighted by atomic mass is 35.5. The van der Waals surface area contributed by atoms with E-state index in [0.29, 0.717) is 50.9 Å². The molecule has 0 bridgehead atoms. The van der Waals surface area contributed by atoms with E-state index in [1.807, 2.05) is 26.8 Å². The van der Waals surface area contributed by atoms with E-state index in [2.05, 4.69) is 5.32 Å². The fraction of sp³-hybridized carbons (Fsp3) is 0.304. The standard InChI is InChI=1S/C23H24Cl2N2O5/c1-6-31-21-9-14(8-17(25)22(21)32-13(2)3)7-15(12-26)23(28)27-18-11-19(29-4)16(24)10-20(18)30-5/h7-11,13H,6H2,1-5H3,(H,27,28)/b15-7+. The Morgan fingerprint density at radius 1 is 1.09 bits per heavy atom. The number of benzene rings is 2. The number of nitrogens with one attached hydrogen (secondary N) is 1. The molecule has 0 saturated carbocycles. The molecule has 7 nitrogen and oxygen atoms in total. The van der Waals surface area contributed by atoms with Gasteiger partial charge in [0.2, 0.25) is 0 Å². The average molecular weight is 479 g/mol. The molecule has 2 aromatic rings. The van der Waals surface area contributed by atoms with Gasteiger partial charge in [-0.15, -0.1) is 0 Å². The molecule has 170 valence electrons. The van der Waals surface area contributed by atoms with Gasteiger partial charge < -0.3 is 24.3 Å². The first kappa shape index (κ1) is 25.2. The van der Waals surface area contributed by atoms with Gasteiger partial charge in [0.05, 0.1) is 42.7 Å². The van der Waals surface area contributed by atoms with Crippen molar-refractivity contribution in [2.24, 2.45) is 0 Å². The zero-order valence-electron chi connectivity index (χ0n) is 18.4. The maximum Gasteiger partial charge on any atom is 0.266 e. The molecule has 0 aliphatic rings. The number of nitriles is 1. The normalized spacial score (nSPS) is 11.0. The maximum absolute atomic E-state index is 12.8. The molecular formula is C23H24Cl2N2O5. The molecule has 0 fully saturated rings. The zero-order valence-corrected chi connectivity index (χ0v) is 19.9. The molecule has 9 heteroatoms. The minimum absolute atomic E-state index is 0.111. The van der Waals surface area contributed by atoms with Crippen LogP contribution in [0.3, 0.4) is 0 Å². The Balaban J connectivity index is 2.41. The Morgan fingerprint density at radius 2 is 1.78 bits per heavy atom. The lowest BCUT2D eigenvalue weighted by Crippen LogP contribution is -2.14. The SMILES string of the molecule is CCOc1cc(/C=C(\C#N)C(=O)Nc2cc(OC)c(Cl)cc2OC)cc(Cl)c1OC(C)C. The summed E-state index contributed by atoms with van der Waals surface area (Å²) in [5.74, 6) is 0.840. The fourth-order valence-corrected chi connectivity index (χ4v) is 3.24. The molecule has 0 atom stereocenters. The van der Waals surface area contributed by atoms with Gasteiger partial charge in [0.1, 0.15) is 23.1 Å². The van der Waals surface area contributed by atoms with Crippen LogP contribution in [0.4, 0.5) is 5.69 Å². The second-order valence-corrected chi connectivity index (χ2v) is 7.55. The second kappa shape index (κ2) is 11.5. The molecule has 0 spiro atoms. The van der Waals surface area contributed by atoms with Gasteiger partial charge in [0, 0.05) is 12.1 Å². The molecule has 32 heavy (non-hydrogen) atoms. The molecule has 2 rings (SSSR count). The van der Waals surface area contributed by atoms with Crippen LogP contribution in [0.25, 0.3) is 6.08 Å². The van der Waals surface area contributed by atoms with Crippen LogP contribution < -0.4 is 24.3 Å². The molecule has 0 aliphatic heterocycles. The summed E-state index contributed by atoms with van der Waals surface area (Å²) in [5, 5.41) is 12.8. The van der Waals surface area contributed by atoms with Crippen molar-refractivity contribution in [3.05, 3.63) is 45.4 Å². The summed E-state index contributed by atoms with van der Waals surface area (Å²) >= 11 is 12.5. The highest BCUT2D eigenvalue weighted by Crippen LogP contribution is 2.38. The van der Waals surface area contributed by atoms with Crippen molar-refractivity contribution in [2.45, 2.75) is 26.9 Å². The number of hydrogen-bond acceptors (Lipinski definition) is 6. The zero-order chi connectivity index (χ0) is 23.8. The van der Waals surface area contributed by atoms with Crippen molar-refractivity contribution in [3.63, 3.8) is 0 Å². The number of carbonyl (C=O) groups is 1. The number of methoxy groups -OCH3 is 2. The Hall–Kier alpha value is -3.08. The second-order valence-electron chi connectivity index (χ2n) is 6.74. The highest BCUT2D eigenvalue weighted by Gasteiger charge is 2.17. The number of carbonyl (C=O) groups excluding carboxylic acids is 1. The highest BCUT2D eigenvalue weighted by molar-refractivity contribution is 6.33. The van der Waals surface area contributed by atoms with Crippen molar-refractivity contribution in [3.8, 4) is 29.1 Å². The summed E-state index contributed by atoms with van der Waals surface area (Å²) in [6, 6.07) is 8.17. The third kappa shape index (κ3) is 6.22. The van der Waals surface area contributed by atoms with E-state index in [1.54, 1.807) is 12.1 Å². The van der Waals surface area contributed by atoms with Crippen LogP contribution in [0.15, 0.2) is 29.8 Å². The Morgan fingerprint density at radius 3 is 2.34 bits per heavy atom. The van der Waals surface area contributed by atoms with Gasteiger partial charge in [0.25, 0.3) is 5.91 Å². The molecule has 0 aliphatic carbocycles. The van der Waals surface area contributed by atoms with Gasteiger partial charge in [-0.05, 0) is 44.5 Å². The van der Waals surface area contributed by atoms with Crippen molar-refractivity contribution in [1.29, 1.82) is 5.26 Å². The summed E-state index contributed by atoms with van der Waals surface area (Å²) in [6.45, 7) is 5.97. The topological polar surface area (TPSA) is 89.8 Å². The van der Waals surface area contributed by atoms with E-state index < -0.39 is 5.91 Å². The summed E-state index contributed by atoms with van der Waals surface area (Å²) < 4.78 is 21.8. The molecule has 0 unspecified atom stereocenters. The first-order valence-electron chi connectivity index (χ1n) is 9.71. The number of anilines is 1. The van der Waals surface area contributed by atoms with Gasteiger partial charge in [-0.1, -0.05) is 23.2 Å². The number of nitrogens with zero attached hydrogens (tertiary/aromatic N) is 1. The third-order valence-corrected chi connectivity index (χ3v) is 4.66. The molecule has 2 aromatic carbocycles. The Kier molecular flexibility index (Phi) is 9.06. The summed E-state index contributed by atoms with van der Waals surface area (Å²) in [6.07, 6.45) is 1.29. The number of halogens is 2. The first-order chi connectivity index (χ1) is 15.2. The van der Waals surface area contributed by atoms with E-state index >= 15 is 0 Å². The first-order valence-corrected chi connectivity index (χ1v) is 10.5. The fourth-order valence-electron chi connectivity index (χ4n) is 2.75. The largest absolute Gasteiger partial charge is 0.495 e. The minimum Gasteiger partial charge on any atom is -0.495 e. The number of amides is 1. The lowest BCUT2D eigenvalue weighted by Gasteiger charge is -2.16. The van der Waals surface area contributed by atoms with Crippen LogP contribution in [-0.2, 0) is 4.79 Å². The van der Waals surface area contributed by atoms with Crippen molar-refractivity contribution in [2.75, 3.05) is 26.1 Å². The third-order valence-electron chi connectivity index (χ3n) is 4.08. The Labute approximate surface area is 197 Å². The van der Waals surface area contributed by atoms with Crippen LogP contribution in [-0.4, -0.2) is 32.8 Å². The van der Waals surface area contributed by atoms with Crippen LogP contribution >= 0.6 is 23.2 Å². The average Bonchev–Trinajstić information content (AvgIpc) is 2.75. The van der Waals surface area contributed by atoms with Crippen LogP contribution in [0.1, 0.15) is 26.3 Å². The molecule has 0 aromatic heterocycles. The van der Waals surface area contributed by atoms with Gasteiger partial charge >= 0.3 is 0 Å².